The Morgan fingerprint density at radius 3 is 2.32 bits per heavy atom. The molecule has 1 amide bonds. The summed E-state index contributed by atoms with van der Waals surface area (Å²) in [4.78, 5) is 27.7. The monoisotopic (exact) mass is 340 g/mol. The first-order chi connectivity index (χ1) is 11.9. The summed E-state index contributed by atoms with van der Waals surface area (Å²) < 4.78 is 5.21. The molecule has 1 aliphatic rings. The van der Waals surface area contributed by atoms with E-state index in [2.05, 4.69) is 10.3 Å². The van der Waals surface area contributed by atoms with E-state index in [4.69, 9.17) is 4.74 Å². The Morgan fingerprint density at radius 2 is 1.84 bits per heavy atom. The van der Waals surface area contributed by atoms with Gasteiger partial charge in [0.1, 0.15) is 11.4 Å². The van der Waals surface area contributed by atoms with Gasteiger partial charge in [-0.1, -0.05) is 12.1 Å². The van der Waals surface area contributed by atoms with Crippen LogP contribution in [0, 0.1) is 19.8 Å². The minimum atomic E-state index is -0.166. The van der Waals surface area contributed by atoms with Gasteiger partial charge in [0.05, 0.1) is 13.2 Å². The van der Waals surface area contributed by atoms with E-state index in [0.29, 0.717) is 22.7 Å². The molecular weight excluding hydrogens is 316 g/mol. The summed E-state index contributed by atoms with van der Waals surface area (Å²) in [6.45, 7) is 5.16. The van der Waals surface area contributed by atoms with Gasteiger partial charge in [-0.05, 0) is 62.8 Å². The Bertz CT molecular complexity index is 801. The van der Waals surface area contributed by atoms with Crippen molar-refractivity contribution in [1.29, 1.82) is 0 Å². The van der Waals surface area contributed by atoms with Crippen molar-refractivity contribution in [3.8, 4) is 5.75 Å². The maximum atomic E-state index is 12.8. The molecule has 1 fully saturated rings. The second-order valence-electron chi connectivity index (χ2n) is 6.74. The average Bonchev–Trinajstić information content (AvgIpc) is 3.37. The van der Waals surface area contributed by atoms with E-state index in [1.807, 2.05) is 38.1 Å². The lowest BCUT2D eigenvalue weighted by molar-refractivity contribution is 0.0926. The van der Waals surface area contributed by atoms with Gasteiger partial charge in [0.2, 0.25) is 0 Å². The van der Waals surface area contributed by atoms with Crippen LogP contribution in [0.25, 0.3) is 0 Å². The van der Waals surface area contributed by atoms with E-state index >= 15 is 0 Å². The molecule has 0 radical (unpaired) electrons. The predicted molar refractivity (Wildman–Crippen MR) is 96.2 cm³/mol. The highest BCUT2D eigenvalue weighted by atomic mass is 16.5. The third-order valence-corrected chi connectivity index (χ3v) is 4.87. The number of amides is 1. The van der Waals surface area contributed by atoms with Crippen LogP contribution in [-0.2, 0) is 0 Å². The number of H-pyrrole nitrogens is 1. The van der Waals surface area contributed by atoms with Crippen molar-refractivity contribution in [3.63, 3.8) is 0 Å². The molecule has 3 rings (SSSR count). The number of rotatable bonds is 6. The van der Waals surface area contributed by atoms with Crippen molar-refractivity contribution in [2.75, 3.05) is 7.11 Å². The molecule has 0 aliphatic heterocycles. The number of hydrogen-bond donors (Lipinski definition) is 2. The lowest BCUT2D eigenvalue weighted by Crippen LogP contribution is -2.30. The topological polar surface area (TPSA) is 71.2 Å². The van der Waals surface area contributed by atoms with Gasteiger partial charge in [-0.2, -0.15) is 0 Å². The molecule has 1 aromatic carbocycles. The molecule has 1 heterocycles. The molecule has 132 valence electrons. The number of aryl methyl sites for hydroxylation is 1. The summed E-state index contributed by atoms with van der Waals surface area (Å²) in [6, 6.07) is 7.79. The van der Waals surface area contributed by atoms with Gasteiger partial charge in [-0.15, -0.1) is 0 Å². The standard InChI is InChI=1S/C20H24N2O3/c1-11-17(13(3)23)12(2)21-18(11)20(24)22-19(14-5-6-14)15-7-9-16(25-4)10-8-15/h7-10,14,19,21H,5-6H2,1-4H3,(H,22,24). The highest BCUT2D eigenvalue weighted by Crippen LogP contribution is 2.41. The number of ketones is 1. The smallest absolute Gasteiger partial charge is 0.268 e. The van der Waals surface area contributed by atoms with Crippen molar-refractivity contribution < 1.29 is 14.3 Å². The number of hydrogen-bond acceptors (Lipinski definition) is 3. The molecule has 0 spiro atoms. The molecule has 0 saturated heterocycles. The zero-order valence-corrected chi connectivity index (χ0v) is 15.1. The highest BCUT2D eigenvalue weighted by molar-refractivity contribution is 6.02. The van der Waals surface area contributed by atoms with Gasteiger partial charge >= 0.3 is 0 Å². The minimum absolute atomic E-state index is 0.0257. The number of Topliss-reactive ketones (excluding diaryl/α,β-unsaturated/α-hetero) is 1. The Balaban J connectivity index is 1.84. The van der Waals surface area contributed by atoms with Gasteiger partial charge in [-0.3, -0.25) is 9.59 Å². The number of nitrogens with one attached hydrogen (secondary N) is 2. The Morgan fingerprint density at radius 1 is 1.20 bits per heavy atom. The Labute approximate surface area is 147 Å². The van der Waals surface area contributed by atoms with E-state index in [1.165, 1.54) is 6.92 Å². The van der Waals surface area contributed by atoms with E-state index < -0.39 is 0 Å². The van der Waals surface area contributed by atoms with Crippen LogP contribution in [0.2, 0.25) is 0 Å². The van der Waals surface area contributed by atoms with E-state index in [0.717, 1.165) is 29.8 Å². The van der Waals surface area contributed by atoms with Crippen molar-refractivity contribution in [2.24, 2.45) is 5.92 Å². The lowest BCUT2D eigenvalue weighted by Gasteiger charge is -2.19. The Hall–Kier alpha value is -2.56. The summed E-state index contributed by atoms with van der Waals surface area (Å²) in [5.41, 5.74) is 3.61. The SMILES string of the molecule is COc1ccc(C(NC(=O)c2[nH]c(C)c(C(C)=O)c2C)C2CC2)cc1. The largest absolute Gasteiger partial charge is 0.497 e. The second-order valence-corrected chi connectivity index (χ2v) is 6.74. The fraction of sp³-hybridized carbons (Fsp3) is 0.400. The molecular formula is C20H24N2O3. The van der Waals surface area contributed by atoms with Crippen LogP contribution in [0.1, 0.15) is 63.5 Å². The molecule has 1 aromatic heterocycles. The summed E-state index contributed by atoms with van der Waals surface area (Å²) >= 11 is 0. The van der Waals surface area contributed by atoms with Gasteiger partial charge in [0, 0.05) is 11.3 Å². The molecule has 25 heavy (non-hydrogen) atoms. The quantitative estimate of drug-likeness (QED) is 0.787. The lowest BCUT2D eigenvalue weighted by atomic mass is 10.0. The number of ether oxygens (including phenoxy) is 1. The first-order valence-electron chi connectivity index (χ1n) is 8.57. The minimum Gasteiger partial charge on any atom is -0.497 e. The van der Waals surface area contributed by atoms with Crippen LogP contribution < -0.4 is 10.1 Å². The van der Waals surface area contributed by atoms with E-state index in [9.17, 15) is 9.59 Å². The zero-order chi connectivity index (χ0) is 18.1. The molecule has 1 aliphatic carbocycles. The summed E-state index contributed by atoms with van der Waals surface area (Å²) in [6.07, 6.45) is 2.22. The third kappa shape index (κ3) is 3.45. The molecule has 1 atom stereocenters. The van der Waals surface area contributed by atoms with Gasteiger partial charge in [0.25, 0.3) is 5.91 Å². The molecule has 1 unspecified atom stereocenters. The first kappa shape index (κ1) is 17.3. The first-order valence-corrected chi connectivity index (χ1v) is 8.57. The zero-order valence-electron chi connectivity index (χ0n) is 15.1. The van der Waals surface area contributed by atoms with Crippen LogP contribution in [0.3, 0.4) is 0 Å². The maximum Gasteiger partial charge on any atom is 0.268 e. The number of carbonyl (C=O) groups is 2. The van der Waals surface area contributed by atoms with Crippen molar-refractivity contribution in [1.82, 2.24) is 10.3 Å². The van der Waals surface area contributed by atoms with Crippen LogP contribution in [0.4, 0.5) is 0 Å². The van der Waals surface area contributed by atoms with Crippen molar-refractivity contribution >= 4 is 11.7 Å². The molecule has 2 N–H and O–H groups in total. The van der Waals surface area contributed by atoms with Gasteiger partial charge in [-0.25, -0.2) is 0 Å². The van der Waals surface area contributed by atoms with Crippen LogP contribution >= 0.6 is 0 Å². The van der Waals surface area contributed by atoms with Crippen molar-refractivity contribution in [3.05, 3.63) is 52.3 Å². The summed E-state index contributed by atoms with van der Waals surface area (Å²) in [5, 5.41) is 3.15. The molecule has 5 heteroatoms. The fourth-order valence-corrected chi connectivity index (χ4v) is 3.43. The van der Waals surface area contributed by atoms with Crippen LogP contribution in [0.5, 0.6) is 5.75 Å². The van der Waals surface area contributed by atoms with Crippen LogP contribution in [0.15, 0.2) is 24.3 Å². The normalized spacial score (nSPS) is 14.9. The molecule has 5 nitrogen and oxygen atoms in total. The third-order valence-electron chi connectivity index (χ3n) is 4.87. The van der Waals surface area contributed by atoms with Crippen molar-refractivity contribution in [2.45, 2.75) is 39.7 Å². The second kappa shape index (κ2) is 6.75. The van der Waals surface area contributed by atoms with E-state index in [1.54, 1.807) is 7.11 Å². The van der Waals surface area contributed by atoms with E-state index in [-0.39, 0.29) is 17.7 Å². The molecule has 1 saturated carbocycles. The summed E-state index contributed by atoms with van der Waals surface area (Å²) in [5.74, 6) is 1.06. The fourth-order valence-electron chi connectivity index (χ4n) is 3.43. The number of benzene rings is 1. The van der Waals surface area contributed by atoms with Crippen LogP contribution in [-0.4, -0.2) is 23.8 Å². The summed E-state index contributed by atoms with van der Waals surface area (Å²) in [7, 11) is 1.64. The van der Waals surface area contributed by atoms with Gasteiger partial charge < -0.3 is 15.0 Å². The highest BCUT2D eigenvalue weighted by Gasteiger charge is 2.34. The number of aromatic amines is 1. The Kier molecular flexibility index (Phi) is 4.66. The predicted octanol–water partition coefficient (Wildman–Crippen LogP) is 3.72. The molecule has 2 aromatic rings. The van der Waals surface area contributed by atoms with Gasteiger partial charge in [0.15, 0.2) is 5.78 Å². The average molecular weight is 340 g/mol. The number of carbonyl (C=O) groups excluding carboxylic acids is 2. The number of aromatic nitrogens is 1. The number of methoxy groups -OCH3 is 1. The maximum absolute atomic E-state index is 12.8. The molecule has 0 bridgehead atoms.